The van der Waals surface area contributed by atoms with E-state index in [4.69, 9.17) is 11.6 Å². The van der Waals surface area contributed by atoms with Crippen LogP contribution in [0, 0.1) is 0 Å². The Balaban J connectivity index is 1.49. The first kappa shape index (κ1) is 18.8. The number of benzene rings is 2. The van der Waals surface area contributed by atoms with Gasteiger partial charge in [0, 0.05) is 18.6 Å². The van der Waals surface area contributed by atoms with E-state index in [1.807, 2.05) is 36.5 Å². The van der Waals surface area contributed by atoms with Gasteiger partial charge in [-0.25, -0.2) is 4.68 Å². The number of fused-ring (bicyclic) bond motifs is 2. The van der Waals surface area contributed by atoms with Crippen molar-refractivity contribution in [3.63, 3.8) is 0 Å². The van der Waals surface area contributed by atoms with Gasteiger partial charge in [0.1, 0.15) is 0 Å². The summed E-state index contributed by atoms with van der Waals surface area (Å²) in [6, 6.07) is 16.1. The Labute approximate surface area is 175 Å². The number of β-amino-alcohol motifs (C(OH)–C–C–N with tert-alkyl or cyclic N) is 1. The van der Waals surface area contributed by atoms with Gasteiger partial charge in [0.2, 0.25) is 0 Å². The molecule has 1 atom stereocenters. The summed E-state index contributed by atoms with van der Waals surface area (Å²) in [5.74, 6) is 0. The van der Waals surface area contributed by atoms with Gasteiger partial charge in [0.25, 0.3) is 0 Å². The van der Waals surface area contributed by atoms with Gasteiger partial charge in [0.05, 0.1) is 28.7 Å². The first-order valence-corrected chi connectivity index (χ1v) is 10.7. The van der Waals surface area contributed by atoms with Crippen LogP contribution in [0.25, 0.3) is 5.69 Å². The van der Waals surface area contributed by atoms with Crippen LogP contribution >= 0.6 is 11.6 Å². The summed E-state index contributed by atoms with van der Waals surface area (Å²) in [6.45, 7) is 1.28. The molecule has 2 aliphatic rings. The van der Waals surface area contributed by atoms with Crippen LogP contribution in [0.4, 0.5) is 0 Å². The number of aliphatic hydroxyl groups excluding tert-OH is 1. The lowest BCUT2D eigenvalue weighted by Gasteiger charge is -2.51. The third kappa shape index (κ3) is 3.27. The molecule has 6 heteroatoms. The number of aromatic nitrogens is 3. The van der Waals surface area contributed by atoms with E-state index in [0.717, 1.165) is 29.8 Å². The Morgan fingerprint density at radius 2 is 1.79 bits per heavy atom. The smallest absolute Gasteiger partial charge is 0.0972 e. The molecule has 1 N–H and O–H groups in total. The lowest BCUT2D eigenvalue weighted by Crippen LogP contribution is -2.52. The summed E-state index contributed by atoms with van der Waals surface area (Å²) in [7, 11) is 0. The van der Waals surface area contributed by atoms with Crippen molar-refractivity contribution in [2.75, 3.05) is 6.54 Å². The molecule has 1 saturated carbocycles. The molecule has 2 heterocycles. The fourth-order valence-corrected chi connectivity index (χ4v) is 5.35. The summed E-state index contributed by atoms with van der Waals surface area (Å²) in [5, 5.41) is 20.2. The Morgan fingerprint density at radius 3 is 2.62 bits per heavy atom. The largest absolute Gasteiger partial charge is 0.387 e. The van der Waals surface area contributed by atoms with Gasteiger partial charge in [-0.1, -0.05) is 72.5 Å². The molecule has 0 bridgehead atoms. The molecule has 5 nitrogen and oxygen atoms in total. The highest BCUT2D eigenvalue weighted by Crippen LogP contribution is 2.48. The predicted molar refractivity (Wildman–Crippen MR) is 113 cm³/mol. The van der Waals surface area contributed by atoms with Crippen molar-refractivity contribution in [2.24, 2.45) is 0 Å². The van der Waals surface area contributed by atoms with Crippen molar-refractivity contribution in [1.29, 1.82) is 0 Å². The van der Waals surface area contributed by atoms with Crippen molar-refractivity contribution >= 4 is 11.6 Å². The van der Waals surface area contributed by atoms with E-state index >= 15 is 0 Å². The minimum Gasteiger partial charge on any atom is -0.387 e. The molecule has 0 saturated heterocycles. The third-order valence-corrected chi connectivity index (χ3v) is 6.81. The van der Waals surface area contributed by atoms with E-state index in [1.165, 1.54) is 24.8 Å². The molecular formula is C23H25ClN4O. The van der Waals surface area contributed by atoms with Crippen molar-refractivity contribution in [2.45, 2.75) is 50.3 Å². The van der Waals surface area contributed by atoms with Gasteiger partial charge in [-0.05, 0) is 36.1 Å². The zero-order valence-electron chi connectivity index (χ0n) is 16.3. The molecule has 2 aromatic carbocycles. The van der Waals surface area contributed by atoms with Gasteiger partial charge in [-0.15, -0.1) is 5.10 Å². The molecule has 1 spiro atoms. The van der Waals surface area contributed by atoms with Crippen LogP contribution in [-0.4, -0.2) is 31.5 Å². The Hall–Kier alpha value is -2.21. The van der Waals surface area contributed by atoms with E-state index in [0.29, 0.717) is 18.1 Å². The number of hydrogen-bond acceptors (Lipinski definition) is 4. The average Bonchev–Trinajstić information content (AvgIpc) is 3.21. The van der Waals surface area contributed by atoms with Gasteiger partial charge >= 0.3 is 0 Å². The SMILES string of the molecule is OC1CN(Cc2cn(-c3ccccc3Cl)nn2)C2(CCCCC2)c2ccccc21. The van der Waals surface area contributed by atoms with Crippen molar-refractivity contribution in [3.05, 3.63) is 76.6 Å². The summed E-state index contributed by atoms with van der Waals surface area (Å²) in [5.41, 5.74) is 4.07. The zero-order valence-corrected chi connectivity index (χ0v) is 17.1. The van der Waals surface area contributed by atoms with Crippen molar-refractivity contribution in [3.8, 4) is 5.69 Å². The highest BCUT2D eigenvalue weighted by atomic mass is 35.5. The molecule has 1 aromatic heterocycles. The summed E-state index contributed by atoms with van der Waals surface area (Å²) in [4.78, 5) is 2.43. The topological polar surface area (TPSA) is 54.2 Å². The Bertz CT molecular complexity index is 1010. The molecule has 3 aromatic rings. The van der Waals surface area contributed by atoms with E-state index in [9.17, 15) is 5.11 Å². The predicted octanol–water partition coefficient (Wildman–Crippen LogP) is 4.63. The lowest BCUT2D eigenvalue weighted by molar-refractivity contribution is -0.0215. The molecule has 150 valence electrons. The highest BCUT2D eigenvalue weighted by Gasteiger charge is 2.45. The highest BCUT2D eigenvalue weighted by molar-refractivity contribution is 6.32. The average molecular weight is 409 g/mol. The van der Waals surface area contributed by atoms with Crippen molar-refractivity contribution < 1.29 is 5.11 Å². The number of hydrogen-bond donors (Lipinski definition) is 1. The second kappa shape index (κ2) is 7.56. The maximum absolute atomic E-state index is 10.8. The van der Waals surface area contributed by atoms with E-state index in [-0.39, 0.29) is 5.54 Å². The summed E-state index contributed by atoms with van der Waals surface area (Å²) < 4.78 is 1.74. The molecule has 0 amide bonds. The van der Waals surface area contributed by atoms with Crippen LogP contribution in [0.1, 0.15) is 55.0 Å². The maximum atomic E-state index is 10.8. The van der Waals surface area contributed by atoms with Crippen LogP contribution < -0.4 is 0 Å². The van der Waals surface area contributed by atoms with Gasteiger partial charge < -0.3 is 5.11 Å². The molecule has 0 radical (unpaired) electrons. The fourth-order valence-electron chi connectivity index (χ4n) is 5.12. The molecule has 5 rings (SSSR count). The molecular weight excluding hydrogens is 384 g/mol. The van der Waals surface area contributed by atoms with Gasteiger partial charge in [-0.3, -0.25) is 4.90 Å². The molecule has 1 aliphatic heterocycles. The standard InChI is InChI=1S/C23H25ClN4O/c24-20-10-4-5-11-21(20)28-15-17(25-26-28)14-27-16-22(29)18-8-2-3-9-19(18)23(27)12-6-1-7-13-23/h2-5,8-11,15,22,29H,1,6-7,12-14,16H2. The fraction of sp³-hybridized carbons (Fsp3) is 0.391. The first-order chi connectivity index (χ1) is 14.2. The Morgan fingerprint density at radius 1 is 1.03 bits per heavy atom. The summed E-state index contributed by atoms with van der Waals surface area (Å²) >= 11 is 6.32. The normalized spacial score (nSPS) is 21.2. The van der Waals surface area contributed by atoms with Gasteiger partial charge in [0.15, 0.2) is 0 Å². The number of rotatable bonds is 3. The van der Waals surface area contributed by atoms with Crippen LogP contribution in [0.15, 0.2) is 54.7 Å². The van der Waals surface area contributed by atoms with Crippen LogP contribution in [0.3, 0.4) is 0 Å². The molecule has 1 aliphatic carbocycles. The van der Waals surface area contributed by atoms with Crippen LogP contribution in [0.2, 0.25) is 5.02 Å². The molecule has 1 fully saturated rings. The molecule has 1 unspecified atom stereocenters. The minimum absolute atomic E-state index is 0.0256. The number of halogens is 1. The zero-order chi connectivity index (χ0) is 19.8. The maximum Gasteiger partial charge on any atom is 0.0972 e. The second-order valence-corrected chi connectivity index (χ2v) is 8.59. The van der Waals surface area contributed by atoms with Crippen LogP contribution in [-0.2, 0) is 12.1 Å². The second-order valence-electron chi connectivity index (χ2n) is 8.18. The monoisotopic (exact) mass is 408 g/mol. The Kier molecular flexibility index (Phi) is 4.90. The number of aliphatic hydroxyl groups is 1. The minimum atomic E-state index is -0.475. The third-order valence-electron chi connectivity index (χ3n) is 6.49. The number of nitrogens with zero attached hydrogens (tertiary/aromatic N) is 4. The van der Waals surface area contributed by atoms with E-state index < -0.39 is 6.10 Å². The summed E-state index contributed by atoms with van der Waals surface area (Å²) in [6.07, 6.45) is 7.43. The van der Waals surface area contributed by atoms with Crippen LogP contribution in [0.5, 0.6) is 0 Å². The first-order valence-electron chi connectivity index (χ1n) is 10.4. The quantitative estimate of drug-likeness (QED) is 0.686. The van der Waals surface area contributed by atoms with Crippen molar-refractivity contribution in [1.82, 2.24) is 19.9 Å². The van der Waals surface area contributed by atoms with Gasteiger partial charge in [-0.2, -0.15) is 0 Å². The number of para-hydroxylation sites is 1. The van der Waals surface area contributed by atoms with E-state index in [1.54, 1.807) is 4.68 Å². The molecule has 29 heavy (non-hydrogen) atoms. The lowest BCUT2D eigenvalue weighted by atomic mass is 9.70. The van der Waals surface area contributed by atoms with E-state index in [2.05, 4.69) is 33.4 Å².